The highest BCUT2D eigenvalue weighted by Gasteiger charge is 2.55. The average Bonchev–Trinajstić information content (AvgIpc) is 3.83. The molecule has 0 aliphatic carbocycles. The third-order valence-corrected chi connectivity index (χ3v) is 7.59. The third kappa shape index (κ3) is 5.66. The molecule has 214 valence electrons. The summed E-state index contributed by atoms with van der Waals surface area (Å²) in [5.41, 5.74) is 3.15. The van der Waals surface area contributed by atoms with Gasteiger partial charge in [0.25, 0.3) is 5.91 Å². The topological polar surface area (TPSA) is 100 Å². The molecule has 4 aromatic rings. The van der Waals surface area contributed by atoms with Gasteiger partial charge in [0.1, 0.15) is 17.8 Å². The number of ether oxygens (including phenoxy) is 1. The van der Waals surface area contributed by atoms with E-state index in [1.807, 2.05) is 68.4 Å². The van der Waals surface area contributed by atoms with Gasteiger partial charge in [0.15, 0.2) is 0 Å². The van der Waals surface area contributed by atoms with Crippen LogP contribution in [0.4, 0.5) is 5.69 Å². The van der Waals surface area contributed by atoms with Gasteiger partial charge in [-0.3, -0.25) is 14.5 Å². The van der Waals surface area contributed by atoms with Gasteiger partial charge in [0.05, 0.1) is 24.5 Å². The number of pyridine rings is 1. The lowest BCUT2D eigenvalue weighted by Gasteiger charge is -2.38. The Labute approximate surface area is 245 Å². The van der Waals surface area contributed by atoms with Gasteiger partial charge in [0.2, 0.25) is 5.91 Å². The Hall–Kier alpha value is -4.82. The molecule has 1 aliphatic heterocycles. The molecule has 0 spiro atoms. The molecule has 42 heavy (non-hydrogen) atoms. The van der Waals surface area contributed by atoms with E-state index in [0.717, 1.165) is 16.7 Å². The van der Waals surface area contributed by atoms with Gasteiger partial charge < -0.3 is 15.4 Å². The largest absolute Gasteiger partial charge is 0.467 e. The number of hydrogen-bond donors (Lipinski definition) is 2. The molecule has 3 aromatic carbocycles. The summed E-state index contributed by atoms with van der Waals surface area (Å²) in [7, 11) is 1.28. The number of carbonyl (C=O) groups is 3. The van der Waals surface area contributed by atoms with Crippen molar-refractivity contribution in [2.45, 2.75) is 31.5 Å². The molecular formula is C34H34N4O4. The number of anilines is 1. The predicted octanol–water partition coefficient (Wildman–Crippen LogP) is 4.62. The average molecular weight is 563 g/mol. The van der Waals surface area contributed by atoms with Crippen molar-refractivity contribution in [1.29, 1.82) is 0 Å². The second-order valence-corrected chi connectivity index (χ2v) is 10.6. The molecule has 1 fully saturated rings. The van der Waals surface area contributed by atoms with Gasteiger partial charge in [-0.2, -0.15) is 0 Å². The lowest BCUT2D eigenvalue weighted by Crippen LogP contribution is -2.45. The van der Waals surface area contributed by atoms with Crippen LogP contribution in [0.5, 0.6) is 0 Å². The molecule has 1 saturated heterocycles. The fourth-order valence-corrected chi connectivity index (χ4v) is 5.44. The zero-order chi connectivity index (χ0) is 29.7. The molecule has 1 aromatic heterocycles. The van der Waals surface area contributed by atoms with Crippen LogP contribution in [-0.2, 0) is 19.9 Å². The normalized spacial score (nSPS) is 16.8. The molecule has 0 saturated carbocycles. The highest BCUT2D eigenvalue weighted by molar-refractivity contribution is 5.98. The Morgan fingerprint density at radius 2 is 1.36 bits per heavy atom. The number of methoxy groups -OCH3 is 1. The Balaban J connectivity index is 1.37. The van der Waals surface area contributed by atoms with Gasteiger partial charge >= 0.3 is 5.97 Å². The van der Waals surface area contributed by atoms with E-state index in [0.29, 0.717) is 12.2 Å². The minimum Gasteiger partial charge on any atom is -0.467 e. The molecule has 2 heterocycles. The number of carbonyl (C=O) groups excluding carboxylic acids is 3. The van der Waals surface area contributed by atoms with E-state index >= 15 is 0 Å². The molecule has 3 atom stereocenters. The molecular weight excluding hydrogens is 528 g/mol. The number of nitrogens with one attached hydrogen (secondary N) is 2. The second-order valence-electron chi connectivity index (χ2n) is 10.6. The van der Waals surface area contributed by atoms with Gasteiger partial charge in [0, 0.05) is 6.54 Å². The van der Waals surface area contributed by atoms with Crippen LogP contribution in [0.3, 0.4) is 0 Å². The van der Waals surface area contributed by atoms with Crippen LogP contribution < -0.4 is 10.6 Å². The van der Waals surface area contributed by atoms with Crippen LogP contribution in [0.2, 0.25) is 0 Å². The Morgan fingerprint density at radius 3 is 1.79 bits per heavy atom. The van der Waals surface area contributed by atoms with Gasteiger partial charge in [-0.05, 0) is 34.7 Å². The molecule has 0 bridgehead atoms. The molecule has 2 amide bonds. The molecule has 0 radical (unpaired) electrons. The van der Waals surface area contributed by atoms with Gasteiger partial charge in [-0.1, -0.05) is 105 Å². The maximum atomic E-state index is 13.6. The van der Waals surface area contributed by atoms with Crippen LogP contribution >= 0.6 is 0 Å². The summed E-state index contributed by atoms with van der Waals surface area (Å²) in [4.78, 5) is 44.7. The zero-order valence-corrected chi connectivity index (χ0v) is 23.9. The van der Waals surface area contributed by atoms with Crippen molar-refractivity contribution in [2.75, 3.05) is 19.0 Å². The molecule has 8 heteroatoms. The summed E-state index contributed by atoms with van der Waals surface area (Å²) in [6, 6.07) is 32.7. The van der Waals surface area contributed by atoms with E-state index in [1.54, 1.807) is 6.07 Å². The third-order valence-electron chi connectivity index (χ3n) is 7.59. The number of aromatic nitrogens is 1. The van der Waals surface area contributed by atoms with Crippen LogP contribution in [0.1, 0.15) is 41.0 Å². The molecule has 2 N–H and O–H groups in total. The quantitative estimate of drug-likeness (QED) is 0.166. The first-order chi connectivity index (χ1) is 20.4. The summed E-state index contributed by atoms with van der Waals surface area (Å²) >= 11 is 0. The van der Waals surface area contributed by atoms with E-state index in [2.05, 4.69) is 56.9 Å². The summed E-state index contributed by atoms with van der Waals surface area (Å²) < 4.78 is 4.79. The SMILES string of the molecule is COC(=O)[C@@H](NC(=O)c1ccc(NC(=O)C2C[N@@]2C(c2ccccc2)(c2ccccc2)c2ccccc2)cn1)C(C)C. The van der Waals surface area contributed by atoms with Crippen molar-refractivity contribution < 1.29 is 19.1 Å². The van der Waals surface area contributed by atoms with E-state index < -0.39 is 23.5 Å². The van der Waals surface area contributed by atoms with Crippen molar-refractivity contribution in [3.05, 3.63) is 132 Å². The number of amides is 2. The molecule has 5 rings (SSSR count). The van der Waals surface area contributed by atoms with E-state index in [9.17, 15) is 14.4 Å². The zero-order valence-electron chi connectivity index (χ0n) is 23.9. The molecule has 1 unspecified atom stereocenters. The highest BCUT2D eigenvalue weighted by Crippen LogP contribution is 2.48. The van der Waals surface area contributed by atoms with Crippen molar-refractivity contribution in [3.63, 3.8) is 0 Å². The smallest absolute Gasteiger partial charge is 0.328 e. The number of esters is 1. The predicted molar refractivity (Wildman–Crippen MR) is 161 cm³/mol. The lowest BCUT2D eigenvalue weighted by atomic mass is 9.76. The van der Waals surface area contributed by atoms with Crippen molar-refractivity contribution in [2.24, 2.45) is 5.92 Å². The maximum Gasteiger partial charge on any atom is 0.328 e. The number of nitrogens with zero attached hydrogens (tertiary/aromatic N) is 2. The second kappa shape index (κ2) is 12.4. The first kappa shape index (κ1) is 28.7. The fraction of sp³-hybridized carbons (Fsp3) is 0.235. The first-order valence-electron chi connectivity index (χ1n) is 13.9. The highest BCUT2D eigenvalue weighted by atomic mass is 16.5. The molecule has 8 nitrogen and oxygen atoms in total. The summed E-state index contributed by atoms with van der Waals surface area (Å²) in [5.74, 6) is -1.33. The van der Waals surface area contributed by atoms with E-state index in [-0.39, 0.29) is 23.6 Å². The summed E-state index contributed by atoms with van der Waals surface area (Å²) in [5, 5.41) is 5.63. The standard InChI is InChI=1S/C34H34N4O4/c1-23(2)30(33(41)42-3)37-31(39)28-20-19-27(21-35-28)36-32(40)29-22-38(29)34(24-13-7-4-8-14-24,25-15-9-5-10-16-25)26-17-11-6-12-18-26/h4-21,23,29-30H,22H2,1-3H3,(H,36,40)(H,37,39)/t29?,30-,38+/m0/s1. The van der Waals surface area contributed by atoms with Crippen molar-refractivity contribution in [3.8, 4) is 0 Å². The monoisotopic (exact) mass is 562 g/mol. The summed E-state index contributed by atoms with van der Waals surface area (Å²) in [6.45, 7) is 4.19. The Bertz CT molecular complexity index is 1430. The fourth-order valence-electron chi connectivity index (χ4n) is 5.44. The maximum absolute atomic E-state index is 13.6. The Kier molecular flexibility index (Phi) is 8.45. The van der Waals surface area contributed by atoms with E-state index in [4.69, 9.17) is 4.74 Å². The minimum absolute atomic E-state index is 0.131. The Morgan fingerprint density at radius 1 is 0.833 bits per heavy atom. The van der Waals surface area contributed by atoms with Gasteiger partial charge in [-0.25, -0.2) is 9.78 Å². The van der Waals surface area contributed by atoms with Crippen molar-refractivity contribution >= 4 is 23.5 Å². The number of hydrogen-bond acceptors (Lipinski definition) is 6. The van der Waals surface area contributed by atoms with E-state index in [1.165, 1.54) is 19.4 Å². The van der Waals surface area contributed by atoms with Crippen LogP contribution in [-0.4, -0.2) is 53.4 Å². The van der Waals surface area contributed by atoms with Crippen molar-refractivity contribution in [1.82, 2.24) is 15.2 Å². The number of rotatable bonds is 10. The first-order valence-corrected chi connectivity index (χ1v) is 13.9. The van der Waals surface area contributed by atoms with Crippen LogP contribution in [0, 0.1) is 5.92 Å². The molecule has 1 aliphatic rings. The lowest BCUT2D eigenvalue weighted by molar-refractivity contribution is -0.144. The van der Waals surface area contributed by atoms with Gasteiger partial charge in [-0.15, -0.1) is 0 Å². The number of benzene rings is 3. The van der Waals surface area contributed by atoms with Crippen LogP contribution in [0.25, 0.3) is 0 Å². The summed E-state index contributed by atoms with van der Waals surface area (Å²) in [6.07, 6.45) is 1.45. The minimum atomic E-state index is -0.788. The van der Waals surface area contributed by atoms with Crippen LogP contribution in [0.15, 0.2) is 109 Å².